The van der Waals surface area contributed by atoms with E-state index in [1.807, 2.05) is 19.9 Å². The Balaban J connectivity index is 2.28. The third-order valence-corrected chi connectivity index (χ3v) is 4.88. The summed E-state index contributed by atoms with van der Waals surface area (Å²) in [4.78, 5) is 23.4. The number of carbonyl (C=O) groups excluding carboxylic acids is 1. The molecule has 0 spiro atoms. The Morgan fingerprint density at radius 2 is 2.07 bits per heavy atom. The fourth-order valence-corrected chi connectivity index (χ4v) is 3.68. The van der Waals surface area contributed by atoms with Crippen molar-refractivity contribution in [3.05, 3.63) is 50.6 Å². The van der Waals surface area contributed by atoms with Crippen LogP contribution in [0.25, 0.3) is 0 Å². The maximum atomic E-state index is 12.9. The third kappa shape index (κ3) is 3.03. The van der Waals surface area contributed by atoms with Gasteiger partial charge in [-0.1, -0.05) is 13.8 Å². The van der Waals surface area contributed by atoms with Crippen molar-refractivity contribution in [1.29, 1.82) is 5.26 Å². The molecule has 0 saturated carbocycles. The van der Waals surface area contributed by atoms with Gasteiger partial charge in [-0.25, -0.2) is 0 Å². The van der Waals surface area contributed by atoms with E-state index in [1.165, 1.54) is 13.2 Å². The molecule has 0 radical (unpaired) electrons. The third-order valence-electron chi connectivity index (χ3n) is 4.88. The molecule has 3 rings (SSSR count). The van der Waals surface area contributed by atoms with Gasteiger partial charge >= 0.3 is 0 Å². The lowest BCUT2D eigenvalue weighted by molar-refractivity contribution is -0.398. The molecule has 9 nitrogen and oxygen atoms in total. The second kappa shape index (κ2) is 6.56. The number of ether oxygens (including phenoxy) is 2. The summed E-state index contributed by atoms with van der Waals surface area (Å²) in [6.45, 7) is 3.82. The zero-order valence-electron chi connectivity index (χ0n) is 15.6. The van der Waals surface area contributed by atoms with Crippen LogP contribution in [0, 0.1) is 26.9 Å². The monoisotopic (exact) mass is 384 g/mol. The lowest BCUT2D eigenvalue weighted by Gasteiger charge is -2.37. The van der Waals surface area contributed by atoms with E-state index in [4.69, 9.17) is 15.2 Å². The Kier molecular flexibility index (Phi) is 4.51. The van der Waals surface area contributed by atoms with Crippen molar-refractivity contribution in [2.75, 3.05) is 7.11 Å². The van der Waals surface area contributed by atoms with Crippen LogP contribution in [-0.4, -0.2) is 17.8 Å². The summed E-state index contributed by atoms with van der Waals surface area (Å²) in [5.74, 6) is -2.16. The topological polar surface area (TPSA) is 152 Å². The number of nitrogens with two attached hydrogens (primary N) is 1. The fraction of sp³-hybridized carbons (Fsp3) is 0.368. The quantitative estimate of drug-likeness (QED) is 0.614. The number of nitro groups is 1. The van der Waals surface area contributed by atoms with Crippen LogP contribution in [-0.2, 0) is 9.53 Å². The van der Waals surface area contributed by atoms with Crippen molar-refractivity contribution in [3.63, 3.8) is 0 Å². The number of nitrogens with zero attached hydrogens (tertiary/aromatic N) is 2. The van der Waals surface area contributed by atoms with Crippen LogP contribution in [0.3, 0.4) is 0 Å². The molecule has 1 atom stereocenters. The van der Waals surface area contributed by atoms with Crippen LogP contribution < -0.4 is 15.6 Å². The van der Waals surface area contributed by atoms with Crippen LogP contribution in [0.5, 0.6) is 11.5 Å². The Morgan fingerprint density at radius 3 is 2.64 bits per heavy atom. The number of methoxy groups -OCH3 is 1. The van der Waals surface area contributed by atoms with Crippen molar-refractivity contribution >= 4 is 11.5 Å². The van der Waals surface area contributed by atoms with Gasteiger partial charge in [-0.15, -0.1) is 0 Å². The van der Waals surface area contributed by atoms with Gasteiger partial charge in [-0.3, -0.25) is 14.9 Å². The highest BCUT2D eigenvalue weighted by Gasteiger charge is 2.43. The molecule has 0 amide bonds. The van der Waals surface area contributed by atoms with Gasteiger partial charge in [0.2, 0.25) is 5.88 Å². The van der Waals surface area contributed by atoms with E-state index in [-0.39, 0.29) is 46.0 Å². The molecule has 9 heteroatoms. The first-order valence-corrected chi connectivity index (χ1v) is 8.46. The van der Waals surface area contributed by atoms with Gasteiger partial charge in [-0.2, -0.15) is 5.26 Å². The highest BCUT2D eigenvalue weighted by molar-refractivity contribution is 6.00. The molecule has 28 heavy (non-hydrogen) atoms. The second-order valence-corrected chi connectivity index (χ2v) is 7.53. The fourth-order valence-electron chi connectivity index (χ4n) is 3.68. The maximum Gasteiger partial charge on any atom is 0.265 e. The van der Waals surface area contributed by atoms with Gasteiger partial charge in [0.05, 0.1) is 18.0 Å². The molecular weight excluding hydrogens is 366 g/mol. The molecule has 1 aliphatic heterocycles. The molecule has 1 heterocycles. The molecule has 1 aromatic rings. The lowest BCUT2D eigenvalue weighted by atomic mass is 9.70. The Hall–Kier alpha value is -3.54. The minimum absolute atomic E-state index is 0.0400. The van der Waals surface area contributed by atoms with Gasteiger partial charge in [0, 0.05) is 30.2 Å². The molecule has 146 valence electrons. The Morgan fingerprint density at radius 1 is 1.39 bits per heavy atom. The number of nitro benzene ring substituents is 1. The smallest absolute Gasteiger partial charge is 0.265 e. The predicted molar refractivity (Wildman–Crippen MR) is 94.8 cm³/mol. The zero-order chi connectivity index (χ0) is 20.8. The SMILES string of the molecule is COc1cc([C@@H]2C(C#N)=C(N)OC3=C2C(=O)CC(C)(C)C3)cc([N+](=O)[O-])c1[O-]. The van der Waals surface area contributed by atoms with Crippen molar-refractivity contribution in [2.45, 2.75) is 32.6 Å². The number of hydrogen-bond donors (Lipinski definition) is 1. The van der Waals surface area contributed by atoms with Crippen LogP contribution in [0.15, 0.2) is 34.9 Å². The zero-order valence-corrected chi connectivity index (χ0v) is 15.6. The number of hydrogen-bond acceptors (Lipinski definition) is 8. The van der Waals surface area contributed by atoms with E-state index in [0.717, 1.165) is 6.07 Å². The molecule has 0 bridgehead atoms. The van der Waals surface area contributed by atoms with E-state index < -0.39 is 22.3 Å². The Bertz CT molecular complexity index is 1000. The van der Waals surface area contributed by atoms with Crippen LogP contribution in [0.1, 0.15) is 38.2 Å². The predicted octanol–water partition coefficient (Wildman–Crippen LogP) is 2.13. The molecule has 0 saturated heterocycles. The molecule has 2 N–H and O–H groups in total. The number of rotatable bonds is 3. The molecule has 0 aromatic heterocycles. The minimum atomic E-state index is -0.967. The molecular formula is C19H18N3O6-. The van der Waals surface area contributed by atoms with Crippen LogP contribution in [0.4, 0.5) is 5.69 Å². The summed E-state index contributed by atoms with van der Waals surface area (Å²) in [6.07, 6.45) is 0.645. The molecule has 0 unspecified atom stereocenters. The number of ketones is 1. The summed E-state index contributed by atoms with van der Waals surface area (Å²) in [6, 6.07) is 4.29. The number of allylic oxidation sites excluding steroid dienone is 3. The Labute approximate surface area is 160 Å². The highest BCUT2D eigenvalue weighted by Crippen LogP contribution is 2.49. The number of carbonyl (C=O) groups is 1. The normalized spacial score (nSPS) is 20.9. The first kappa shape index (κ1) is 19.2. The summed E-state index contributed by atoms with van der Waals surface area (Å²) < 4.78 is 10.6. The van der Waals surface area contributed by atoms with Crippen LogP contribution >= 0.6 is 0 Å². The summed E-state index contributed by atoms with van der Waals surface area (Å²) >= 11 is 0. The molecule has 0 fully saturated rings. The molecule has 2 aliphatic rings. The van der Waals surface area contributed by atoms with Crippen LogP contribution in [0.2, 0.25) is 0 Å². The van der Waals surface area contributed by atoms with E-state index in [2.05, 4.69) is 0 Å². The van der Waals surface area contributed by atoms with Crippen molar-refractivity contribution in [2.24, 2.45) is 11.1 Å². The van der Waals surface area contributed by atoms with Gasteiger partial charge < -0.3 is 20.3 Å². The summed E-state index contributed by atoms with van der Waals surface area (Å²) in [5, 5.41) is 33.1. The van der Waals surface area contributed by atoms with Gasteiger partial charge in [0.15, 0.2) is 5.78 Å². The number of nitriles is 1. The highest BCUT2D eigenvalue weighted by atomic mass is 16.6. The molecule has 1 aliphatic carbocycles. The largest absolute Gasteiger partial charge is 0.865 e. The average Bonchev–Trinajstić information content (AvgIpc) is 2.59. The van der Waals surface area contributed by atoms with E-state index in [9.17, 15) is 25.3 Å². The van der Waals surface area contributed by atoms with E-state index >= 15 is 0 Å². The average molecular weight is 384 g/mol. The summed E-state index contributed by atoms with van der Waals surface area (Å²) in [5.41, 5.74) is 5.26. The standard InChI is InChI=1S/C19H19N3O6/c1-19(2)6-12(23)16-14(7-19)28-18(21)10(8-20)15(16)9-4-11(22(25)26)17(24)13(5-9)27-3/h4-5,15,24H,6-7,21H2,1-3H3/p-1/t15-/m1/s1. The number of benzene rings is 1. The number of Topliss-reactive ketones (excluding diaryl/α,β-unsaturated/α-hetero) is 1. The van der Waals surface area contributed by atoms with E-state index in [0.29, 0.717) is 12.2 Å². The van der Waals surface area contributed by atoms with Crippen molar-refractivity contribution in [1.82, 2.24) is 0 Å². The second-order valence-electron chi connectivity index (χ2n) is 7.53. The van der Waals surface area contributed by atoms with Gasteiger partial charge in [0.25, 0.3) is 5.69 Å². The lowest BCUT2D eigenvalue weighted by Crippen LogP contribution is -2.33. The first-order chi connectivity index (χ1) is 13.1. The first-order valence-electron chi connectivity index (χ1n) is 8.46. The minimum Gasteiger partial charge on any atom is -0.865 e. The van der Waals surface area contributed by atoms with Gasteiger partial charge in [0.1, 0.15) is 23.2 Å². The van der Waals surface area contributed by atoms with E-state index in [1.54, 1.807) is 0 Å². The van der Waals surface area contributed by atoms with Gasteiger partial charge in [-0.05, 0) is 17.0 Å². The summed E-state index contributed by atoms with van der Waals surface area (Å²) in [7, 11) is 1.21. The van der Waals surface area contributed by atoms with Crippen molar-refractivity contribution in [3.8, 4) is 17.6 Å². The van der Waals surface area contributed by atoms with Crippen molar-refractivity contribution < 1.29 is 24.3 Å². The molecule has 1 aromatic carbocycles. The maximum absolute atomic E-state index is 12.9.